The second-order valence-electron chi connectivity index (χ2n) is 5.70. The van der Waals surface area contributed by atoms with E-state index < -0.39 is 6.04 Å². The summed E-state index contributed by atoms with van der Waals surface area (Å²) in [5.74, 6) is 1.15. The van der Waals surface area contributed by atoms with E-state index in [0.29, 0.717) is 35.9 Å². The Morgan fingerprint density at radius 1 is 1.38 bits per heavy atom. The SMILES string of the molecule is COc1cccc(C(=O)N2CCC[C@H]2C(=O)Nc2cc(C)on2)c1. The lowest BCUT2D eigenvalue weighted by Gasteiger charge is -2.23. The van der Waals surface area contributed by atoms with Crippen LogP contribution in [-0.2, 0) is 4.79 Å². The number of hydrogen-bond acceptors (Lipinski definition) is 5. The van der Waals surface area contributed by atoms with Crippen LogP contribution in [0.5, 0.6) is 5.75 Å². The van der Waals surface area contributed by atoms with Crippen molar-refractivity contribution in [1.82, 2.24) is 10.1 Å². The minimum atomic E-state index is -0.513. The first-order valence-electron chi connectivity index (χ1n) is 7.77. The van der Waals surface area contributed by atoms with Crippen molar-refractivity contribution in [3.8, 4) is 5.75 Å². The number of aryl methyl sites for hydroxylation is 1. The van der Waals surface area contributed by atoms with Crippen LogP contribution < -0.4 is 10.1 Å². The first kappa shape index (κ1) is 16.0. The van der Waals surface area contributed by atoms with Crippen molar-refractivity contribution in [3.05, 3.63) is 41.7 Å². The molecule has 1 aromatic carbocycles. The number of rotatable bonds is 4. The number of amides is 2. The van der Waals surface area contributed by atoms with Gasteiger partial charge in [0.25, 0.3) is 5.91 Å². The zero-order valence-corrected chi connectivity index (χ0v) is 13.6. The van der Waals surface area contributed by atoms with E-state index in [9.17, 15) is 9.59 Å². The maximum atomic E-state index is 12.7. The van der Waals surface area contributed by atoms with Gasteiger partial charge in [0, 0.05) is 18.2 Å². The van der Waals surface area contributed by atoms with Gasteiger partial charge in [0.05, 0.1) is 7.11 Å². The average molecular weight is 329 g/mol. The molecule has 7 heteroatoms. The molecule has 0 saturated carbocycles. The molecule has 0 unspecified atom stereocenters. The number of hydrogen-bond donors (Lipinski definition) is 1. The lowest BCUT2D eigenvalue weighted by Crippen LogP contribution is -2.43. The van der Waals surface area contributed by atoms with Crippen LogP contribution in [0.15, 0.2) is 34.9 Å². The number of ether oxygens (including phenoxy) is 1. The summed E-state index contributed by atoms with van der Waals surface area (Å²) in [4.78, 5) is 26.8. The quantitative estimate of drug-likeness (QED) is 0.930. The Labute approximate surface area is 139 Å². The predicted octanol–water partition coefficient (Wildman–Crippen LogP) is 2.23. The van der Waals surface area contributed by atoms with Gasteiger partial charge in [-0.15, -0.1) is 0 Å². The van der Waals surface area contributed by atoms with Gasteiger partial charge < -0.3 is 19.5 Å². The van der Waals surface area contributed by atoms with E-state index in [1.807, 2.05) is 0 Å². The number of carbonyl (C=O) groups is 2. The molecule has 0 radical (unpaired) electrons. The maximum Gasteiger partial charge on any atom is 0.254 e. The molecule has 2 amide bonds. The zero-order chi connectivity index (χ0) is 17.1. The molecule has 3 rings (SSSR count). The van der Waals surface area contributed by atoms with E-state index in [0.717, 1.165) is 6.42 Å². The third-order valence-corrected chi connectivity index (χ3v) is 4.01. The summed E-state index contributed by atoms with van der Waals surface area (Å²) in [6.07, 6.45) is 1.41. The van der Waals surface area contributed by atoms with Crippen molar-refractivity contribution in [3.63, 3.8) is 0 Å². The molecule has 1 aliphatic rings. The van der Waals surface area contributed by atoms with Crippen LogP contribution in [0.1, 0.15) is 29.0 Å². The molecule has 0 aliphatic carbocycles. The molecule has 2 aromatic rings. The summed E-state index contributed by atoms with van der Waals surface area (Å²) < 4.78 is 10.1. The van der Waals surface area contributed by atoms with Gasteiger partial charge >= 0.3 is 0 Å². The van der Waals surface area contributed by atoms with E-state index in [-0.39, 0.29) is 11.8 Å². The molecule has 126 valence electrons. The maximum absolute atomic E-state index is 12.7. The number of nitrogens with zero attached hydrogens (tertiary/aromatic N) is 2. The minimum Gasteiger partial charge on any atom is -0.497 e. The summed E-state index contributed by atoms with van der Waals surface area (Å²) in [6.45, 7) is 2.29. The van der Waals surface area contributed by atoms with Gasteiger partial charge in [0.2, 0.25) is 5.91 Å². The lowest BCUT2D eigenvalue weighted by molar-refractivity contribution is -0.119. The van der Waals surface area contributed by atoms with Gasteiger partial charge in [-0.05, 0) is 38.0 Å². The van der Waals surface area contributed by atoms with Gasteiger partial charge in [-0.25, -0.2) is 0 Å². The molecular formula is C17H19N3O4. The predicted molar refractivity (Wildman–Crippen MR) is 86.9 cm³/mol. The smallest absolute Gasteiger partial charge is 0.254 e. The Kier molecular flexibility index (Phi) is 4.50. The monoisotopic (exact) mass is 329 g/mol. The molecule has 24 heavy (non-hydrogen) atoms. The van der Waals surface area contributed by atoms with Gasteiger partial charge in [-0.1, -0.05) is 11.2 Å². The van der Waals surface area contributed by atoms with Crippen LogP contribution in [0.4, 0.5) is 5.82 Å². The number of aromatic nitrogens is 1. The van der Waals surface area contributed by atoms with E-state index in [1.54, 1.807) is 49.3 Å². The highest BCUT2D eigenvalue weighted by atomic mass is 16.5. The second-order valence-corrected chi connectivity index (χ2v) is 5.70. The van der Waals surface area contributed by atoms with Crippen molar-refractivity contribution in [2.75, 3.05) is 19.0 Å². The summed E-state index contributed by atoms with van der Waals surface area (Å²) in [5.41, 5.74) is 0.506. The van der Waals surface area contributed by atoms with Crippen molar-refractivity contribution in [2.45, 2.75) is 25.8 Å². The molecule has 0 bridgehead atoms. The Balaban J connectivity index is 1.74. The van der Waals surface area contributed by atoms with Gasteiger partial charge in [-0.2, -0.15) is 0 Å². The standard InChI is InChI=1S/C17H19N3O4/c1-11-9-15(19-24-11)18-16(21)14-7-4-8-20(14)17(22)12-5-3-6-13(10-12)23-2/h3,5-6,9-10,14H,4,7-8H2,1-2H3,(H,18,19,21)/t14-/m0/s1. The van der Waals surface area contributed by atoms with Crippen LogP contribution in [0.2, 0.25) is 0 Å². The van der Waals surface area contributed by atoms with Crippen LogP contribution in [0.25, 0.3) is 0 Å². The molecule has 2 heterocycles. The fourth-order valence-electron chi connectivity index (χ4n) is 2.84. The van der Waals surface area contributed by atoms with Crippen molar-refractivity contribution in [2.24, 2.45) is 0 Å². The molecular weight excluding hydrogens is 310 g/mol. The highest BCUT2D eigenvalue weighted by Gasteiger charge is 2.35. The number of likely N-dealkylation sites (tertiary alicyclic amines) is 1. The molecule has 1 N–H and O–H groups in total. The van der Waals surface area contributed by atoms with Crippen LogP contribution in [0, 0.1) is 6.92 Å². The van der Waals surface area contributed by atoms with E-state index in [2.05, 4.69) is 10.5 Å². The van der Waals surface area contributed by atoms with Crippen LogP contribution in [0.3, 0.4) is 0 Å². The van der Waals surface area contributed by atoms with Gasteiger partial charge in [-0.3, -0.25) is 9.59 Å². The molecule has 1 fully saturated rings. The number of anilines is 1. The van der Waals surface area contributed by atoms with E-state index >= 15 is 0 Å². The average Bonchev–Trinajstić information content (AvgIpc) is 3.23. The Hall–Kier alpha value is -2.83. The van der Waals surface area contributed by atoms with E-state index in [4.69, 9.17) is 9.26 Å². The number of nitrogens with one attached hydrogen (secondary N) is 1. The molecule has 1 atom stereocenters. The van der Waals surface area contributed by atoms with Crippen LogP contribution >= 0.6 is 0 Å². The van der Waals surface area contributed by atoms with Gasteiger partial charge in [0.1, 0.15) is 17.6 Å². The van der Waals surface area contributed by atoms with Crippen molar-refractivity contribution >= 4 is 17.6 Å². The number of benzene rings is 1. The normalized spacial score (nSPS) is 16.9. The summed E-state index contributed by atoms with van der Waals surface area (Å²) in [5, 5.41) is 6.45. The topological polar surface area (TPSA) is 84.7 Å². The van der Waals surface area contributed by atoms with Crippen LogP contribution in [-0.4, -0.2) is 41.6 Å². The first-order chi connectivity index (χ1) is 11.6. The van der Waals surface area contributed by atoms with E-state index in [1.165, 1.54) is 0 Å². The Morgan fingerprint density at radius 3 is 2.92 bits per heavy atom. The minimum absolute atomic E-state index is 0.178. The Bertz CT molecular complexity index is 756. The summed E-state index contributed by atoms with van der Waals surface area (Å²) >= 11 is 0. The fourth-order valence-corrected chi connectivity index (χ4v) is 2.84. The largest absolute Gasteiger partial charge is 0.497 e. The molecule has 0 spiro atoms. The third kappa shape index (κ3) is 3.24. The number of methoxy groups -OCH3 is 1. The highest BCUT2D eigenvalue weighted by Crippen LogP contribution is 2.23. The van der Waals surface area contributed by atoms with Crippen molar-refractivity contribution < 1.29 is 18.8 Å². The second kappa shape index (κ2) is 6.74. The Morgan fingerprint density at radius 2 is 2.21 bits per heavy atom. The lowest BCUT2D eigenvalue weighted by atomic mass is 10.1. The van der Waals surface area contributed by atoms with Crippen molar-refractivity contribution in [1.29, 1.82) is 0 Å². The summed E-state index contributed by atoms with van der Waals surface area (Å²) in [6, 6.07) is 8.06. The molecule has 1 aliphatic heterocycles. The highest BCUT2D eigenvalue weighted by molar-refractivity contribution is 6.01. The third-order valence-electron chi connectivity index (χ3n) is 4.01. The summed E-state index contributed by atoms with van der Waals surface area (Å²) in [7, 11) is 1.55. The fraction of sp³-hybridized carbons (Fsp3) is 0.353. The molecule has 7 nitrogen and oxygen atoms in total. The van der Waals surface area contributed by atoms with Gasteiger partial charge in [0.15, 0.2) is 5.82 Å². The first-order valence-corrected chi connectivity index (χ1v) is 7.77. The zero-order valence-electron chi connectivity index (χ0n) is 13.6. The molecule has 1 saturated heterocycles. The molecule has 1 aromatic heterocycles. The number of carbonyl (C=O) groups excluding carboxylic acids is 2.